The van der Waals surface area contributed by atoms with Crippen LogP contribution in [0.25, 0.3) is 0 Å². The Labute approximate surface area is 89.7 Å². The van der Waals surface area contributed by atoms with E-state index >= 15 is 0 Å². The SMILES string of the molecule is N[C@@H](CCNS(=O)(=O)CC(F)(F)F)C(=O)O. The Hall–Kier alpha value is -0.870. The van der Waals surface area contributed by atoms with Crippen molar-refractivity contribution < 1.29 is 31.5 Å². The van der Waals surface area contributed by atoms with Crippen LogP contribution < -0.4 is 10.5 Å². The molecule has 0 aromatic carbocycles. The van der Waals surface area contributed by atoms with Crippen molar-refractivity contribution >= 4 is 16.0 Å². The highest BCUT2D eigenvalue weighted by atomic mass is 32.2. The molecule has 16 heavy (non-hydrogen) atoms. The second-order valence-electron chi connectivity index (χ2n) is 3.00. The van der Waals surface area contributed by atoms with Gasteiger partial charge in [0.05, 0.1) is 0 Å². The zero-order valence-corrected chi connectivity index (χ0v) is 8.81. The molecule has 4 N–H and O–H groups in total. The molecular formula is C6H11F3N2O4S. The number of hydrogen-bond donors (Lipinski definition) is 3. The molecule has 0 saturated carbocycles. The van der Waals surface area contributed by atoms with E-state index in [1.165, 1.54) is 0 Å². The van der Waals surface area contributed by atoms with Gasteiger partial charge in [-0.2, -0.15) is 13.2 Å². The van der Waals surface area contributed by atoms with Gasteiger partial charge in [0, 0.05) is 6.54 Å². The minimum Gasteiger partial charge on any atom is -0.480 e. The van der Waals surface area contributed by atoms with Crippen molar-refractivity contribution in [2.24, 2.45) is 5.73 Å². The summed E-state index contributed by atoms with van der Waals surface area (Å²) in [5.74, 6) is -3.35. The maximum absolute atomic E-state index is 11.7. The minimum atomic E-state index is -4.83. The van der Waals surface area contributed by atoms with Crippen molar-refractivity contribution in [3.05, 3.63) is 0 Å². The van der Waals surface area contributed by atoms with Crippen LogP contribution in [0.2, 0.25) is 0 Å². The van der Waals surface area contributed by atoms with E-state index in [2.05, 4.69) is 0 Å². The van der Waals surface area contributed by atoms with E-state index < -0.39 is 40.5 Å². The lowest BCUT2D eigenvalue weighted by Gasteiger charge is -2.10. The Bertz CT molecular complexity index is 340. The number of hydrogen-bond acceptors (Lipinski definition) is 4. The van der Waals surface area contributed by atoms with Crippen molar-refractivity contribution in [2.75, 3.05) is 12.3 Å². The Balaban J connectivity index is 4.07. The first-order valence-electron chi connectivity index (χ1n) is 4.06. The van der Waals surface area contributed by atoms with Gasteiger partial charge in [0.2, 0.25) is 10.0 Å². The van der Waals surface area contributed by atoms with E-state index in [1.807, 2.05) is 0 Å². The van der Waals surface area contributed by atoms with E-state index in [0.29, 0.717) is 0 Å². The number of nitrogens with two attached hydrogens (primary N) is 1. The molecule has 0 rings (SSSR count). The standard InChI is InChI=1S/C6H11F3N2O4S/c7-6(8,9)3-16(14,15)11-2-1-4(10)5(12)13/h4,11H,1-3,10H2,(H,12,13)/t4-/m0/s1. The van der Waals surface area contributed by atoms with E-state index in [1.54, 1.807) is 4.72 Å². The summed E-state index contributed by atoms with van der Waals surface area (Å²) in [5, 5.41) is 8.32. The molecule has 0 heterocycles. The molecule has 0 bridgehead atoms. The number of nitrogens with one attached hydrogen (secondary N) is 1. The van der Waals surface area contributed by atoms with Gasteiger partial charge in [0.25, 0.3) is 0 Å². The Morgan fingerprint density at radius 2 is 1.94 bits per heavy atom. The van der Waals surface area contributed by atoms with Crippen molar-refractivity contribution in [1.29, 1.82) is 0 Å². The van der Waals surface area contributed by atoms with Crippen LogP contribution in [0.3, 0.4) is 0 Å². The Kier molecular flexibility index (Phi) is 5.16. The van der Waals surface area contributed by atoms with Gasteiger partial charge in [0.1, 0.15) is 6.04 Å². The molecular weight excluding hydrogens is 253 g/mol. The maximum atomic E-state index is 11.7. The second-order valence-corrected chi connectivity index (χ2v) is 4.81. The molecule has 0 radical (unpaired) electrons. The Morgan fingerprint density at radius 3 is 2.31 bits per heavy atom. The fourth-order valence-corrected chi connectivity index (χ4v) is 1.72. The molecule has 10 heteroatoms. The first-order chi connectivity index (χ1) is 7.03. The van der Waals surface area contributed by atoms with Gasteiger partial charge < -0.3 is 10.8 Å². The molecule has 0 aliphatic carbocycles. The van der Waals surface area contributed by atoms with Gasteiger partial charge in [-0.3, -0.25) is 4.79 Å². The van der Waals surface area contributed by atoms with E-state index in [0.717, 1.165) is 0 Å². The topological polar surface area (TPSA) is 109 Å². The average Bonchev–Trinajstić information content (AvgIpc) is 1.98. The van der Waals surface area contributed by atoms with E-state index in [-0.39, 0.29) is 6.42 Å². The van der Waals surface area contributed by atoms with Crippen LogP contribution in [0.15, 0.2) is 0 Å². The second kappa shape index (κ2) is 5.46. The largest absolute Gasteiger partial charge is 0.480 e. The van der Waals surface area contributed by atoms with Crippen LogP contribution in [-0.4, -0.2) is 44.0 Å². The first-order valence-corrected chi connectivity index (χ1v) is 5.71. The van der Waals surface area contributed by atoms with Gasteiger partial charge in [-0.05, 0) is 6.42 Å². The minimum absolute atomic E-state index is 0.285. The molecule has 0 spiro atoms. The summed E-state index contributed by atoms with van der Waals surface area (Å²) in [7, 11) is -4.48. The summed E-state index contributed by atoms with van der Waals surface area (Å²) in [6.07, 6.45) is -5.12. The van der Waals surface area contributed by atoms with Crippen molar-refractivity contribution in [3.63, 3.8) is 0 Å². The number of rotatable bonds is 6. The smallest absolute Gasteiger partial charge is 0.404 e. The van der Waals surface area contributed by atoms with Crippen LogP contribution in [0.5, 0.6) is 0 Å². The van der Waals surface area contributed by atoms with Gasteiger partial charge in [-0.15, -0.1) is 0 Å². The van der Waals surface area contributed by atoms with Crippen LogP contribution in [0, 0.1) is 0 Å². The highest BCUT2D eigenvalue weighted by Gasteiger charge is 2.34. The zero-order valence-electron chi connectivity index (χ0n) is 7.99. The van der Waals surface area contributed by atoms with Crippen LogP contribution in [0.1, 0.15) is 6.42 Å². The lowest BCUT2D eigenvalue weighted by Crippen LogP contribution is -2.38. The quantitative estimate of drug-likeness (QED) is 0.586. The average molecular weight is 264 g/mol. The molecule has 0 unspecified atom stereocenters. The van der Waals surface area contributed by atoms with Crippen LogP contribution in [0.4, 0.5) is 13.2 Å². The maximum Gasteiger partial charge on any atom is 0.404 e. The monoisotopic (exact) mass is 264 g/mol. The number of carbonyl (C=O) groups is 1. The highest BCUT2D eigenvalue weighted by molar-refractivity contribution is 7.89. The van der Waals surface area contributed by atoms with Crippen LogP contribution >= 0.6 is 0 Å². The molecule has 0 saturated heterocycles. The highest BCUT2D eigenvalue weighted by Crippen LogP contribution is 2.16. The lowest BCUT2D eigenvalue weighted by atomic mass is 10.2. The molecule has 0 aliphatic heterocycles. The predicted octanol–water partition coefficient (Wildman–Crippen LogP) is -0.730. The number of alkyl halides is 3. The lowest BCUT2D eigenvalue weighted by molar-refractivity contribution is -0.138. The normalized spacial score (nSPS) is 14.8. The number of carboxylic acids is 1. The number of aliphatic carboxylic acids is 1. The third-order valence-corrected chi connectivity index (χ3v) is 2.80. The van der Waals surface area contributed by atoms with Crippen molar-refractivity contribution in [1.82, 2.24) is 4.72 Å². The summed E-state index contributed by atoms with van der Waals surface area (Å²) >= 11 is 0. The fraction of sp³-hybridized carbons (Fsp3) is 0.833. The summed E-state index contributed by atoms with van der Waals surface area (Å²) in [4.78, 5) is 10.2. The zero-order chi connectivity index (χ0) is 13.0. The van der Waals surface area contributed by atoms with Crippen molar-refractivity contribution in [3.8, 4) is 0 Å². The van der Waals surface area contributed by atoms with Gasteiger partial charge in [-0.1, -0.05) is 0 Å². The molecule has 0 amide bonds. The summed E-state index contributed by atoms with van der Waals surface area (Å²) < 4.78 is 58.3. The summed E-state index contributed by atoms with van der Waals surface area (Å²) in [6, 6.07) is -1.31. The van der Waals surface area contributed by atoms with Crippen LogP contribution in [-0.2, 0) is 14.8 Å². The molecule has 1 atom stereocenters. The number of carboxylic acid groups (broad SMARTS) is 1. The van der Waals surface area contributed by atoms with E-state index in [4.69, 9.17) is 10.8 Å². The summed E-state index contributed by atoms with van der Waals surface area (Å²) in [5.41, 5.74) is 5.02. The van der Waals surface area contributed by atoms with E-state index in [9.17, 15) is 26.4 Å². The third kappa shape index (κ3) is 7.43. The molecule has 0 aromatic heterocycles. The molecule has 0 aliphatic rings. The van der Waals surface area contributed by atoms with Gasteiger partial charge >= 0.3 is 12.1 Å². The fourth-order valence-electron chi connectivity index (χ4n) is 0.760. The molecule has 0 aromatic rings. The predicted molar refractivity (Wildman–Crippen MR) is 48.1 cm³/mol. The first kappa shape index (κ1) is 15.1. The van der Waals surface area contributed by atoms with Gasteiger partial charge in [-0.25, -0.2) is 13.1 Å². The summed E-state index contributed by atoms with van der Waals surface area (Å²) in [6.45, 7) is -0.453. The molecule has 0 fully saturated rings. The van der Waals surface area contributed by atoms with Gasteiger partial charge in [0.15, 0.2) is 5.75 Å². The third-order valence-electron chi connectivity index (χ3n) is 1.45. The molecule has 6 nitrogen and oxygen atoms in total. The number of halogens is 3. The number of sulfonamides is 1. The van der Waals surface area contributed by atoms with Crippen molar-refractivity contribution in [2.45, 2.75) is 18.6 Å². The molecule has 96 valence electrons. The Morgan fingerprint density at radius 1 is 1.44 bits per heavy atom.